The summed E-state index contributed by atoms with van der Waals surface area (Å²) in [4.78, 5) is 13.5. The summed E-state index contributed by atoms with van der Waals surface area (Å²) in [5.41, 5.74) is 0.864. The van der Waals surface area contributed by atoms with E-state index in [4.69, 9.17) is 0 Å². The minimum atomic E-state index is -0.157. The summed E-state index contributed by atoms with van der Waals surface area (Å²) in [5.74, 6) is 0.708. The van der Waals surface area contributed by atoms with Crippen molar-refractivity contribution in [1.82, 2.24) is 5.32 Å². The molecule has 4 heteroatoms. The van der Waals surface area contributed by atoms with Crippen LogP contribution in [0.3, 0.4) is 0 Å². The van der Waals surface area contributed by atoms with Crippen LogP contribution in [0, 0.1) is 5.92 Å². The van der Waals surface area contributed by atoms with E-state index in [1.54, 1.807) is 11.8 Å². The van der Waals surface area contributed by atoms with Gasteiger partial charge in [-0.05, 0) is 56.2 Å². The summed E-state index contributed by atoms with van der Waals surface area (Å²) < 4.78 is 0. The third kappa shape index (κ3) is 4.75. The Hall–Kier alpha value is -1.00. The fourth-order valence-electron chi connectivity index (χ4n) is 2.89. The molecule has 0 radical (unpaired) electrons. The van der Waals surface area contributed by atoms with Gasteiger partial charge in [-0.15, -0.1) is 11.8 Å². The second-order valence-corrected chi connectivity index (χ2v) is 6.85. The topological polar surface area (TPSA) is 41.1 Å². The van der Waals surface area contributed by atoms with Crippen molar-refractivity contribution in [2.45, 2.75) is 56.5 Å². The van der Waals surface area contributed by atoms with Gasteiger partial charge in [0.15, 0.2) is 0 Å². The number of nitrogens with one attached hydrogen (secondary N) is 2. The lowest BCUT2D eigenvalue weighted by Crippen LogP contribution is -2.47. The lowest BCUT2D eigenvalue weighted by atomic mass is 9.85. The van der Waals surface area contributed by atoms with Crippen molar-refractivity contribution in [2.75, 3.05) is 11.6 Å². The standard InChI is InChI=1S/C17H26N2OS/c1-12-6-4-5-7-16(12)18-13(2)17(20)19-14-8-10-15(21-3)11-9-14/h8-13,16,18H,4-7H2,1-3H3,(H,19,20). The van der Waals surface area contributed by atoms with Crippen LogP contribution in [0.5, 0.6) is 0 Å². The van der Waals surface area contributed by atoms with Crippen LogP contribution in [0.2, 0.25) is 0 Å². The highest BCUT2D eigenvalue weighted by Crippen LogP contribution is 2.24. The van der Waals surface area contributed by atoms with Crippen molar-refractivity contribution in [3.05, 3.63) is 24.3 Å². The van der Waals surface area contributed by atoms with E-state index >= 15 is 0 Å². The van der Waals surface area contributed by atoms with Gasteiger partial charge in [0.25, 0.3) is 0 Å². The zero-order valence-electron chi connectivity index (χ0n) is 13.2. The molecule has 2 N–H and O–H groups in total. The molecule has 0 aromatic heterocycles. The summed E-state index contributed by atoms with van der Waals surface area (Å²) in [7, 11) is 0. The number of hydrogen-bond donors (Lipinski definition) is 2. The number of benzene rings is 1. The van der Waals surface area contributed by atoms with Crippen LogP contribution in [0.15, 0.2) is 29.2 Å². The van der Waals surface area contributed by atoms with E-state index in [9.17, 15) is 4.79 Å². The zero-order valence-corrected chi connectivity index (χ0v) is 14.0. The summed E-state index contributed by atoms with van der Waals surface area (Å²) in [5, 5.41) is 6.48. The van der Waals surface area contributed by atoms with Gasteiger partial charge >= 0.3 is 0 Å². The first-order valence-corrected chi connectivity index (χ1v) is 9.03. The zero-order chi connectivity index (χ0) is 15.2. The molecule has 1 aromatic rings. The first-order chi connectivity index (χ1) is 10.1. The Bertz CT molecular complexity index is 460. The highest BCUT2D eigenvalue weighted by atomic mass is 32.2. The van der Waals surface area contributed by atoms with E-state index in [0.29, 0.717) is 12.0 Å². The normalized spacial score (nSPS) is 23.6. The molecule has 1 aliphatic carbocycles. The van der Waals surface area contributed by atoms with E-state index in [1.807, 2.05) is 37.4 Å². The van der Waals surface area contributed by atoms with Gasteiger partial charge in [-0.1, -0.05) is 19.8 Å². The Labute approximate surface area is 132 Å². The molecule has 3 atom stereocenters. The van der Waals surface area contributed by atoms with E-state index in [-0.39, 0.29) is 11.9 Å². The fraction of sp³-hybridized carbons (Fsp3) is 0.588. The minimum absolute atomic E-state index is 0.0460. The molecule has 21 heavy (non-hydrogen) atoms. The number of hydrogen-bond acceptors (Lipinski definition) is 3. The molecule has 1 amide bonds. The first kappa shape index (κ1) is 16.4. The molecule has 0 saturated heterocycles. The summed E-state index contributed by atoms with van der Waals surface area (Å²) in [6.07, 6.45) is 7.09. The molecule has 1 saturated carbocycles. The van der Waals surface area contributed by atoms with Gasteiger partial charge in [0.2, 0.25) is 5.91 Å². The number of anilines is 1. The van der Waals surface area contributed by atoms with Crippen LogP contribution in [-0.4, -0.2) is 24.2 Å². The van der Waals surface area contributed by atoms with E-state index in [0.717, 1.165) is 5.69 Å². The average Bonchev–Trinajstić information content (AvgIpc) is 2.50. The van der Waals surface area contributed by atoms with Crippen molar-refractivity contribution in [1.29, 1.82) is 0 Å². The lowest BCUT2D eigenvalue weighted by Gasteiger charge is -2.31. The highest BCUT2D eigenvalue weighted by molar-refractivity contribution is 7.98. The van der Waals surface area contributed by atoms with E-state index < -0.39 is 0 Å². The summed E-state index contributed by atoms with van der Waals surface area (Å²) >= 11 is 1.70. The predicted octanol–water partition coefficient (Wildman–Crippen LogP) is 3.90. The number of carbonyl (C=O) groups excluding carboxylic acids is 1. The number of amides is 1. The van der Waals surface area contributed by atoms with Crippen molar-refractivity contribution in [3.63, 3.8) is 0 Å². The molecule has 0 heterocycles. The minimum Gasteiger partial charge on any atom is -0.325 e. The molecule has 3 unspecified atom stereocenters. The molecule has 2 rings (SSSR count). The second-order valence-electron chi connectivity index (χ2n) is 5.97. The Balaban J connectivity index is 1.86. The summed E-state index contributed by atoms with van der Waals surface area (Å²) in [6.45, 7) is 4.23. The van der Waals surface area contributed by atoms with Crippen molar-refractivity contribution < 1.29 is 4.79 Å². The Morgan fingerprint density at radius 1 is 1.24 bits per heavy atom. The van der Waals surface area contributed by atoms with Crippen molar-refractivity contribution in [3.8, 4) is 0 Å². The maximum absolute atomic E-state index is 12.3. The van der Waals surface area contributed by atoms with Gasteiger partial charge in [-0.25, -0.2) is 0 Å². The molecular formula is C17H26N2OS. The van der Waals surface area contributed by atoms with Gasteiger partial charge in [0, 0.05) is 16.6 Å². The van der Waals surface area contributed by atoms with Crippen molar-refractivity contribution in [2.24, 2.45) is 5.92 Å². The third-order valence-electron chi connectivity index (χ3n) is 4.33. The van der Waals surface area contributed by atoms with Gasteiger partial charge in [-0.2, -0.15) is 0 Å². The number of carbonyl (C=O) groups is 1. The molecule has 3 nitrogen and oxygen atoms in total. The van der Waals surface area contributed by atoms with Crippen molar-refractivity contribution >= 4 is 23.4 Å². The smallest absolute Gasteiger partial charge is 0.241 e. The highest BCUT2D eigenvalue weighted by Gasteiger charge is 2.24. The Kier molecular flexibility index (Phi) is 6.12. The molecule has 0 aliphatic heterocycles. The molecule has 1 fully saturated rings. The molecule has 116 valence electrons. The van der Waals surface area contributed by atoms with Crippen LogP contribution in [0.1, 0.15) is 39.5 Å². The fourth-order valence-corrected chi connectivity index (χ4v) is 3.29. The summed E-state index contributed by atoms with van der Waals surface area (Å²) in [6, 6.07) is 8.29. The monoisotopic (exact) mass is 306 g/mol. The lowest BCUT2D eigenvalue weighted by molar-refractivity contribution is -0.118. The first-order valence-electron chi connectivity index (χ1n) is 7.81. The van der Waals surface area contributed by atoms with Crippen LogP contribution in [0.4, 0.5) is 5.69 Å². The van der Waals surface area contributed by atoms with Gasteiger partial charge in [0.05, 0.1) is 6.04 Å². The van der Waals surface area contributed by atoms with E-state index in [1.165, 1.54) is 30.6 Å². The largest absolute Gasteiger partial charge is 0.325 e. The SMILES string of the molecule is CSc1ccc(NC(=O)C(C)NC2CCCCC2C)cc1. The van der Waals surface area contributed by atoms with Crippen LogP contribution in [-0.2, 0) is 4.79 Å². The van der Waals surface area contributed by atoms with E-state index in [2.05, 4.69) is 17.6 Å². The Morgan fingerprint density at radius 3 is 2.52 bits per heavy atom. The molecule has 0 bridgehead atoms. The third-order valence-corrected chi connectivity index (χ3v) is 5.07. The molecular weight excluding hydrogens is 280 g/mol. The van der Waals surface area contributed by atoms with Gasteiger partial charge < -0.3 is 10.6 Å². The predicted molar refractivity (Wildman–Crippen MR) is 90.9 cm³/mol. The van der Waals surface area contributed by atoms with Crippen LogP contribution < -0.4 is 10.6 Å². The van der Waals surface area contributed by atoms with Gasteiger partial charge in [-0.3, -0.25) is 4.79 Å². The maximum atomic E-state index is 12.3. The quantitative estimate of drug-likeness (QED) is 0.811. The molecule has 1 aliphatic rings. The molecule has 1 aromatic carbocycles. The average molecular weight is 306 g/mol. The maximum Gasteiger partial charge on any atom is 0.241 e. The number of rotatable bonds is 5. The second kappa shape index (κ2) is 7.85. The Morgan fingerprint density at radius 2 is 1.90 bits per heavy atom. The number of thioether (sulfide) groups is 1. The van der Waals surface area contributed by atoms with Crippen LogP contribution in [0.25, 0.3) is 0 Å². The molecule has 0 spiro atoms. The van der Waals surface area contributed by atoms with Crippen LogP contribution >= 0.6 is 11.8 Å². The van der Waals surface area contributed by atoms with Gasteiger partial charge in [0.1, 0.15) is 0 Å².